The van der Waals surface area contributed by atoms with Gasteiger partial charge in [-0.2, -0.15) is 0 Å². The fourth-order valence-corrected chi connectivity index (χ4v) is 6.68. The lowest BCUT2D eigenvalue weighted by Gasteiger charge is -2.32. The van der Waals surface area contributed by atoms with Gasteiger partial charge in [-0.25, -0.2) is 0 Å². The van der Waals surface area contributed by atoms with Crippen molar-refractivity contribution in [1.29, 1.82) is 0 Å². The average Bonchev–Trinajstić information content (AvgIpc) is 3.44. The van der Waals surface area contributed by atoms with Crippen LogP contribution in [0.3, 0.4) is 0 Å². The van der Waals surface area contributed by atoms with Crippen LogP contribution in [0.25, 0.3) is 0 Å². The van der Waals surface area contributed by atoms with Gasteiger partial charge >= 0.3 is 0 Å². The molecule has 1 N–H and O–H groups in total. The monoisotopic (exact) mass is 515 g/mol. The highest BCUT2D eigenvalue weighted by atomic mass is 79.9. The normalized spacial score (nSPS) is 28.0. The predicted octanol–water partition coefficient (Wildman–Crippen LogP) is 4.30. The number of carbonyl (C=O) groups excluding carboxylic acids is 1. The van der Waals surface area contributed by atoms with Crippen molar-refractivity contribution in [2.24, 2.45) is 0 Å². The molecular weight excluding hydrogens is 490 g/mol. The van der Waals surface area contributed by atoms with Crippen molar-refractivity contribution in [3.05, 3.63) is 62.1 Å². The number of amides is 1. The Hall–Kier alpha value is -2.65. The summed E-state index contributed by atoms with van der Waals surface area (Å²) >= 11 is 3.65. The van der Waals surface area contributed by atoms with Gasteiger partial charge in [0, 0.05) is 33.2 Å². The average molecular weight is 516 g/mol. The summed E-state index contributed by atoms with van der Waals surface area (Å²) in [6.07, 6.45) is 1.67. The summed E-state index contributed by atoms with van der Waals surface area (Å²) in [5.74, 6) is 0.338. The van der Waals surface area contributed by atoms with Crippen molar-refractivity contribution in [1.82, 2.24) is 4.90 Å². The summed E-state index contributed by atoms with van der Waals surface area (Å²) in [4.78, 5) is 28.1. The highest BCUT2D eigenvalue weighted by molar-refractivity contribution is 9.10. The first-order valence-corrected chi connectivity index (χ1v) is 12.1. The molecule has 0 radical (unpaired) electrons. The van der Waals surface area contributed by atoms with Crippen LogP contribution in [0.5, 0.6) is 11.5 Å². The maximum absolute atomic E-state index is 13.6. The Morgan fingerprint density at radius 2 is 1.91 bits per heavy atom. The molecule has 8 nitrogen and oxygen atoms in total. The number of halogens is 1. The first-order chi connectivity index (χ1) is 15.9. The number of para-hydroxylation sites is 1. The Kier molecular flexibility index (Phi) is 5.56. The Bertz CT molecular complexity index is 1130. The van der Waals surface area contributed by atoms with Gasteiger partial charge in [0.05, 0.1) is 19.1 Å². The Morgan fingerprint density at radius 1 is 1.21 bits per heavy atom. The van der Waals surface area contributed by atoms with Crippen molar-refractivity contribution >= 4 is 27.5 Å². The second-order valence-electron chi connectivity index (χ2n) is 8.61. The molecule has 0 aliphatic carbocycles. The van der Waals surface area contributed by atoms with Gasteiger partial charge in [0.25, 0.3) is 11.9 Å². The first kappa shape index (κ1) is 22.2. The molecule has 33 heavy (non-hydrogen) atoms. The molecule has 5 rings (SSSR count). The summed E-state index contributed by atoms with van der Waals surface area (Å²) < 4.78 is 12.3. The van der Waals surface area contributed by atoms with Crippen molar-refractivity contribution in [3.63, 3.8) is 0 Å². The molecule has 2 aromatic rings. The van der Waals surface area contributed by atoms with E-state index in [0.717, 1.165) is 22.9 Å². The zero-order valence-electron chi connectivity index (χ0n) is 18.5. The van der Waals surface area contributed by atoms with Crippen LogP contribution in [-0.4, -0.2) is 47.6 Å². The van der Waals surface area contributed by atoms with Crippen molar-refractivity contribution in [2.75, 3.05) is 25.1 Å². The third kappa shape index (κ3) is 3.09. The molecule has 0 aromatic heterocycles. The molecule has 1 amide bonds. The maximum atomic E-state index is 13.6. The van der Waals surface area contributed by atoms with Crippen molar-refractivity contribution < 1.29 is 19.2 Å². The number of nitrogens with zero attached hydrogens (tertiary/aromatic N) is 2. The lowest BCUT2D eigenvalue weighted by molar-refractivity contribution is -0.534. The number of hydrogen-bond acceptors (Lipinski definition) is 6. The van der Waals surface area contributed by atoms with E-state index in [4.69, 9.17) is 9.47 Å². The Morgan fingerprint density at radius 3 is 2.61 bits per heavy atom. The van der Waals surface area contributed by atoms with E-state index in [1.165, 1.54) is 0 Å². The largest absolute Gasteiger partial charge is 0.490 e. The Balaban J connectivity index is 1.72. The molecule has 2 aromatic carbocycles. The van der Waals surface area contributed by atoms with Crippen LogP contribution < -0.4 is 14.8 Å². The number of nitro groups is 1. The molecule has 3 aliphatic heterocycles. The first-order valence-electron chi connectivity index (χ1n) is 11.3. The minimum atomic E-state index is -1.34. The summed E-state index contributed by atoms with van der Waals surface area (Å²) in [5, 5.41) is 15.7. The number of carbonyl (C=O) groups is 1. The van der Waals surface area contributed by atoms with Gasteiger partial charge < -0.3 is 14.8 Å². The predicted molar refractivity (Wildman–Crippen MR) is 126 cm³/mol. The van der Waals surface area contributed by atoms with E-state index in [0.29, 0.717) is 42.5 Å². The number of benzene rings is 2. The smallest absolute Gasteiger partial charge is 0.256 e. The summed E-state index contributed by atoms with van der Waals surface area (Å²) in [5.41, 5.74) is 0.782. The van der Waals surface area contributed by atoms with Crippen LogP contribution in [-0.2, 0) is 10.3 Å². The maximum Gasteiger partial charge on any atom is 0.256 e. The van der Waals surface area contributed by atoms with E-state index in [1.54, 1.807) is 0 Å². The molecular formula is C24H26BrN3O5. The minimum Gasteiger partial charge on any atom is -0.490 e. The van der Waals surface area contributed by atoms with E-state index >= 15 is 0 Å². The van der Waals surface area contributed by atoms with E-state index in [1.807, 2.05) is 50.2 Å². The molecule has 4 atom stereocenters. The number of ether oxygens (including phenoxy) is 2. The van der Waals surface area contributed by atoms with E-state index < -0.39 is 17.5 Å². The van der Waals surface area contributed by atoms with Crippen LogP contribution >= 0.6 is 15.9 Å². The molecule has 174 valence electrons. The molecule has 2 fully saturated rings. The SMILES string of the molecule is CCOc1cc(Br)c([C@@H]2[C@@H]3CCCN3[C@]3(C(=O)Nc4ccccc43)[C@@H]2[N+](=O)[O-])cc1OCC. The van der Waals surface area contributed by atoms with Crippen LogP contribution in [0.4, 0.5) is 5.69 Å². The highest BCUT2D eigenvalue weighted by Gasteiger charge is 2.73. The summed E-state index contributed by atoms with van der Waals surface area (Å²) in [6.45, 7) is 5.34. The molecule has 3 heterocycles. The van der Waals surface area contributed by atoms with Gasteiger partial charge in [0.2, 0.25) is 0 Å². The van der Waals surface area contributed by atoms with Crippen LogP contribution in [0.2, 0.25) is 0 Å². The number of hydrogen-bond donors (Lipinski definition) is 1. The fraction of sp³-hybridized carbons (Fsp3) is 0.458. The second-order valence-corrected chi connectivity index (χ2v) is 9.47. The molecule has 1 spiro atoms. The van der Waals surface area contributed by atoms with E-state index in [-0.39, 0.29) is 16.9 Å². The lowest BCUT2D eigenvalue weighted by atomic mass is 9.77. The van der Waals surface area contributed by atoms with Gasteiger partial charge in [-0.3, -0.25) is 19.8 Å². The van der Waals surface area contributed by atoms with Gasteiger partial charge in [-0.1, -0.05) is 34.1 Å². The zero-order chi connectivity index (χ0) is 23.3. The lowest BCUT2D eigenvalue weighted by Crippen LogP contribution is -2.55. The summed E-state index contributed by atoms with van der Waals surface area (Å²) in [6, 6.07) is 9.75. The van der Waals surface area contributed by atoms with Crippen molar-refractivity contribution in [2.45, 2.75) is 50.2 Å². The zero-order valence-corrected chi connectivity index (χ0v) is 20.1. The molecule has 0 unspecified atom stereocenters. The number of rotatable bonds is 6. The molecule has 0 saturated carbocycles. The molecule has 9 heteroatoms. The van der Waals surface area contributed by atoms with E-state index in [2.05, 4.69) is 26.1 Å². The third-order valence-corrected chi connectivity index (χ3v) is 7.80. The van der Waals surface area contributed by atoms with Crippen LogP contribution in [0.1, 0.15) is 43.7 Å². The number of anilines is 1. The van der Waals surface area contributed by atoms with Gasteiger partial charge in [0.15, 0.2) is 17.0 Å². The number of nitrogens with one attached hydrogen (secondary N) is 1. The number of fused-ring (bicyclic) bond motifs is 4. The van der Waals surface area contributed by atoms with E-state index in [9.17, 15) is 14.9 Å². The molecule has 0 bridgehead atoms. The van der Waals surface area contributed by atoms with Gasteiger partial charge in [0.1, 0.15) is 0 Å². The standard InChI is InChI=1S/C24H26BrN3O5/c1-3-32-19-12-14(16(25)13-20(19)33-4-2)21-18-10-7-11-27(18)24(22(21)28(30)31)15-8-5-6-9-17(15)26-23(24)29/h5-6,8-9,12-13,18,21-22H,3-4,7,10-11H2,1-2H3,(H,26,29)/t18-,21+,22+,24-/m0/s1. The molecule has 3 aliphatic rings. The van der Waals surface area contributed by atoms with Crippen molar-refractivity contribution in [3.8, 4) is 11.5 Å². The highest BCUT2D eigenvalue weighted by Crippen LogP contribution is 2.59. The molecule has 2 saturated heterocycles. The van der Waals surface area contributed by atoms with Crippen LogP contribution in [0.15, 0.2) is 40.9 Å². The van der Waals surface area contributed by atoms with Gasteiger partial charge in [-0.05, 0) is 50.5 Å². The minimum absolute atomic E-state index is 0.138. The third-order valence-electron chi connectivity index (χ3n) is 7.12. The Labute approximate surface area is 200 Å². The van der Waals surface area contributed by atoms with Crippen LogP contribution in [0, 0.1) is 10.1 Å². The fourth-order valence-electron chi connectivity index (χ4n) is 6.09. The second kappa shape index (κ2) is 8.29. The summed E-state index contributed by atoms with van der Waals surface area (Å²) in [7, 11) is 0. The topological polar surface area (TPSA) is 93.9 Å². The van der Waals surface area contributed by atoms with Gasteiger partial charge in [-0.15, -0.1) is 0 Å². The quantitative estimate of drug-likeness (QED) is 0.455.